The normalized spacial score (nSPS) is 22.7. The zero-order valence-electron chi connectivity index (χ0n) is 103. The molecule has 7 N–H and O–H groups in total. The van der Waals surface area contributed by atoms with Gasteiger partial charge in [0.05, 0.1) is 61.0 Å². The second-order valence-electron chi connectivity index (χ2n) is 38.2. The number of aromatic nitrogens is 4. The highest BCUT2D eigenvalue weighted by molar-refractivity contribution is 6.00. The molecule has 0 bridgehead atoms. The number of carbonyl (C=O) groups is 14. The highest BCUT2D eigenvalue weighted by atomic mass is 19.1. The van der Waals surface area contributed by atoms with Crippen LogP contribution in [0, 0.1) is 41.0 Å². The standard InChI is InChI=1S/C57H77F2N7O12.C48H62F2N6O8/c1-15-34(21-48(69)30(3)63(13)54(73)77-56(7,8)9)52(71)65-28-39(75-32(5)67)24-37(65)26-43-41-19-17-35(58)22-46(41)60-49(43)50-44(42-20-18-36(59)23-47(42)61-50)27-38-25-40(76-33(6)68)29-66(38)53(72)45(16-2)62-51(70)31(4)64(14)55(74)78-57(10,11)12;1-9-25(4)46(60)54-40(11-3)48(62)56-24-35(64-28(7)58)20-33(56)22-39-37-15-13-31(50)18-42(37)53-45(39)44-38(36-14-12-30(49)17-41(36)52-44)21-32-19-34(63-27(6)57)23-55(32)47(61)29(10-2)16-43(59)26(5)51-8/h17-20,22-23,30-31,34,37-40,45,60-61H,15-16,21,24-29H2,1-14H3,(H,62,70);12-15,17-18,25-26,29,32-35,40,51-53H,9-11,16,19-24H2,1-8H3,(H,54,60)/t30-,31-,34+,37-,38-,39-,40?,45-;25-,26+,29-,32+,33+,34+,35?,40+/m01/s1/i13D3,14D3,26D2,27D2;1D3,8D3,21D2,22D2. The summed E-state index contributed by atoms with van der Waals surface area (Å²) in [6.07, 6.45) is -21.6. The van der Waals surface area contributed by atoms with Crippen molar-refractivity contribution in [2.45, 2.75) is 318 Å². The van der Waals surface area contributed by atoms with Gasteiger partial charge in [-0.3, -0.25) is 62.4 Å². The first kappa shape index (κ1) is 83.9. The van der Waals surface area contributed by atoms with E-state index in [0.29, 0.717) is 4.90 Å². The summed E-state index contributed by atoms with van der Waals surface area (Å²) in [4.78, 5) is 208. The first-order valence-corrected chi connectivity index (χ1v) is 47.3. The summed E-state index contributed by atoms with van der Waals surface area (Å²) in [5.41, 5.74) is -4.48. The van der Waals surface area contributed by atoms with Crippen LogP contribution in [-0.4, -0.2) is 270 Å². The molecule has 33 nitrogen and oxygen atoms in total. The summed E-state index contributed by atoms with van der Waals surface area (Å²) in [6.45, 7) is 11.6. The van der Waals surface area contributed by atoms with Crippen LogP contribution in [0.3, 0.4) is 0 Å². The van der Waals surface area contributed by atoms with Gasteiger partial charge in [-0.05, 0) is 222 Å². The van der Waals surface area contributed by atoms with Crippen molar-refractivity contribution in [1.29, 1.82) is 0 Å². The predicted molar refractivity (Wildman–Crippen MR) is 525 cm³/mol. The lowest BCUT2D eigenvalue weighted by Crippen LogP contribution is -2.55. The van der Waals surface area contributed by atoms with Crippen LogP contribution in [-0.2, 0) is 111 Å². The van der Waals surface area contributed by atoms with Crippen LogP contribution in [0.5, 0.6) is 0 Å². The fourth-order valence-electron chi connectivity index (χ4n) is 17.9. The van der Waals surface area contributed by atoms with E-state index in [9.17, 15) is 68.5 Å². The van der Waals surface area contributed by atoms with Gasteiger partial charge in [0, 0.05) is 193 Å². The quantitative estimate of drug-likeness (QED) is 0.0109. The van der Waals surface area contributed by atoms with Crippen molar-refractivity contribution >= 4 is 127 Å². The molecule has 2 unspecified atom stereocenters. The Balaban J connectivity index is 0.000000309. The van der Waals surface area contributed by atoms with Gasteiger partial charge in [0.1, 0.15) is 82.8 Å². The van der Waals surface area contributed by atoms with Crippen LogP contribution in [0.1, 0.15) is 252 Å². The van der Waals surface area contributed by atoms with Gasteiger partial charge in [-0.25, -0.2) is 27.2 Å². The zero-order valence-corrected chi connectivity index (χ0v) is 82.6. The van der Waals surface area contributed by atoms with E-state index in [-0.39, 0.29) is 152 Å². The number of likely N-dealkylation sites (N-methyl/N-ethyl adjacent to an activating group) is 3. The lowest BCUT2D eigenvalue weighted by atomic mass is 9.93. The Labute approximate surface area is 853 Å². The summed E-state index contributed by atoms with van der Waals surface area (Å²) in [5.74, 6) is -16.2. The number of halogens is 4. The lowest BCUT2D eigenvalue weighted by Gasteiger charge is -2.31. The van der Waals surface area contributed by atoms with Crippen molar-refractivity contribution in [1.82, 2.24) is 65.3 Å². The van der Waals surface area contributed by atoms with Gasteiger partial charge < -0.3 is 88.8 Å². The molecule has 16 atom stereocenters. The van der Waals surface area contributed by atoms with Gasteiger partial charge >= 0.3 is 36.1 Å². The number of carbonyl (C=O) groups excluding carboxylic acids is 14. The summed E-state index contributed by atoms with van der Waals surface area (Å²) >= 11 is 0. The average molecular weight is 2000 g/mol. The Hall–Kier alpha value is -12.7. The minimum atomic E-state index is -3.21. The molecule has 772 valence electrons. The molecule has 0 aliphatic carbocycles. The Bertz CT molecular complexity index is 6540. The number of H-pyrrole nitrogens is 4. The number of aromatic amines is 4. The third-order valence-electron chi connectivity index (χ3n) is 25.2. The molecule has 8 aromatic rings. The molecule has 8 heterocycles. The number of hydrogen-bond donors (Lipinski definition) is 7. The Kier molecular flexibility index (Phi) is 27.5. The molecule has 37 heteroatoms. The summed E-state index contributed by atoms with van der Waals surface area (Å²) < 4.78 is 269. The Morgan fingerprint density at radius 3 is 0.993 bits per heavy atom. The minimum absolute atomic E-state index is 0.00361. The molecule has 4 aromatic heterocycles. The lowest BCUT2D eigenvalue weighted by molar-refractivity contribution is -0.147. The Morgan fingerprint density at radius 1 is 0.423 bits per heavy atom. The van der Waals surface area contributed by atoms with Crippen LogP contribution in [0.15, 0.2) is 72.8 Å². The number of ketones is 2. The van der Waals surface area contributed by atoms with Crippen LogP contribution in [0.2, 0.25) is 0 Å². The number of ether oxygens (including phenoxy) is 6. The molecule has 0 saturated carbocycles. The first-order chi connectivity index (χ1) is 74.6. The number of benzene rings is 4. The maximum atomic E-state index is 15.4. The van der Waals surface area contributed by atoms with Crippen molar-refractivity contribution in [2.75, 3.05) is 47.1 Å². The first-order valence-electron chi connectivity index (χ1n) is 57.3. The third-order valence-corrected chi connectivity index (χ3v) is 25.2. The molecule has 4 aliphatic rings. The second kappa shape index (κ2) is 46.6. The van der Waals surface area contributed by atoms with Gasteiger partial charge in [-0.15, -0.1) is 0 Å². The van der Waals surface area contributed by atoms with E-state index in [1.54, 1.807) is 20.8 Å². The summed E-state index contributed by atoms with van der Waals surface area (Å²) in [5, 5.41) is 7.43. The number of hydrogen-bond acceptors (Lipinski definition) is 21. The molecule has 4 aliphatic heterocycles. The van der Waals surface area contributed by atoms with E-state index in [1.165, 1.54) is 93.5 Å². The highest BCUT2D eigenvalue weighted by Gasteiger charge is 2.48. The average Bonchev–Trinajstić information content (AvgIpc) is 1.55. The molecule has 0 radical (unpaired) electrons. The van der Waals surface area contributed by atoms with E-state index in [4.69, 9.17) is 44.9 Å². The van der Waals surface area contributed by atoms with Crippen molar-refractivity contribution < 1.29 is 141 Å². The van der Waals surface area contributed by atoms with Crippen LogP contribution >= 0.6 is 0 Å². The number of nitrogens with zero attached hydrogens (tertiary/aromatic N) is 6. The van der Waals surface area contributed by atoms with Crippen molar-refractivity contribution in [3.8, 4) is 22.8 Å². The molecular formula is C105H139F4N13O20. The van der Waals surface area contributed by atoms with Crippen LogP contribution in [0.4, 0.5) is 27.2 Å². The van der Waals surface area contributed by atoms with E-state index >= 15 is 27.2 Å². The predicted octanol–water partition coefficient (Wildman–Crippen LogP) is 14.4. The smallest absolute Gasteiger partial charge is 0.410 e. The fraction of sp³-hybridized carbons (Fsp3) is 0.562. The number of likely N-dealkylation sites (tertiary alicyclic amines) is 4. The van der Waals surface area contributed by atoms with Crippen LogP contribution in [0.25, 0.3) is 66.4 Å². The molecule has 8 amide bonds. The molecule has 4 aromatic carbocycles. The Morgan fingerprint density at radius 2 is 0.718 bits per heavy atom. The summed E-state index contributed by atoms with van der Waals surface area (Å²) in [7, 11) is 0. The van der Waals surface area contributed by atoms with Crippen molar-refractivity contribution in [3.63, 3.8) is 0 Å². The summed E-state index contributed by atoms with van der Waals surface area (Å²) in [6, 6.07) is -0.350. The number of amides is 8. The van der Waals surface area contributed by atoms with E-state index < -0.39 is 306 Å². The van der Waals surface area contributed by atoms with E-state index in [0.717, 1.165) is 103 Å². The molecule has 4 saturated heterocycles. The minimum Gasteiger partial charge on any atom is -0.461 e. The molecular weight excluding hydrogens is 1840 g/mol. The number of rotatable bonds is 36. The highest BCUT2D eigenvalue weighted by Crippen LogP contribution is 2.45. The second-order valence-corrected chi connectivity index (χ2v) is 38.2. The van der Waals surface area contributed by atoms with Gasteiger partial charge in [0.25, 0.3) is 0 Å². The molecule has 0 spiro atoms. The maximum Gasteiger partial charge on any atom is 0.410 e. The number of fused-ring (bicyclic) bond motifs is 4. The third kappa shape index (κ3) is 26.4. The van der Waals surface area contributed by atoms with Crippen molar-refractivity contribution in [3.05, 3.63) is 118 Å². The fourth-order valence-corrected chi connectivity index (χ4v) is 17.9. The number of Topliss-reactive ketones (excluding diaryl/α,β-unsaturated/α-hetero) is 2. The van der Waals surface area contributed by atoms with Crippen molar-refractivity contribution in [2.24, 2.45) is 17.8 Å². The zero-order chi connectivity index (χ0) is 122. The molecule has 4 fully saturated rings. The van der Waals surface area contributed by atoms with Gasteiger partial charge in [-0.2, -0.15) is 0 Å². The van der Waals surface area contributed by atoms with Gasteiger partial charge in [-0.1, -0.05) is 41.5 Å². The largest absolute Gasteiger partial charge is 0.461 e. The monoisotopic (exact) mass is 2000 g/mol. The van der Waals surface area contributed by atoms with E-state index in [1.807, 2.05) is 0 Å². The SMILES string of the molecule is [2H]C([2H])([2H])C[C@@H](C)C(=O)N[C@@H](CC)C(=O)N1CC(OC(C)=O)C[C@H]1C([2H])([2H])c1c(-c2[nH]c3cc(F)ccc3c2C([2H])([2H])[C@@H]2C[C@H](OC(C)=O)CN2C(=O)[C@H](CC)CC(=O)[C@H](C)NC([2H])([2H])[2H])[nH]c2cc(F)ccc12.[2H]C([2H])(c1c(-c2[nH]c3cc(F)ccc3c2C([2H])([2H])[C@@H]2CC(OC(C)=O)CN2C(=O)[C@H](CC)NC(=O)[C@H](C)N(C(=O)OC(C)(C)C)C([2H])([2H])[2H])[nH]c2cc(F)ccc12)[C@@H]1C[C@H](OC(C)=O)CN1C(=O)[C@H](CC)CC(=O)[C@H](C)N(C(=O)OC(C)(C)C)C([2H])([2H])[2H]. The number of esters is 4. The molecule has 12 rings (SSSR count). The van der Waals surface area contributed by atoms with Gasteiger partial charge in [0.2, 0.25) is 35.4 Å². The number of nitrogens with one attached hydrogen (secondary N) is 7. The maximum absolute atomic E-state index is 15.4. The van der Waals surface area contributed by atoms with Gasteiger partial charge in [0.15, 0.2) is 5.78 Å². The topological polar surface area (TPSA) is 413 Å². The molecule has 142 heavy (non-hydrogen) atoms. The van der Waals surface area contributed by atoms with Crippen LogP contribution < -0.4 is 16.0 Å². The van der Waals surface area contributed by atoms with E-state index in [2.05, 4.69) is 35.9 Å².